The topological polar surface area (TPSA) is 20.3 Å². The molecule has 1 aliphatic rings. The maximum absolute atomic E-state index is 12.2. The molecule has 0 unspecified atom stereocenters. The Bertz CT molecular complexity index is 372. The summed E-state index contributed by atoms with van der Waals surface area (Å²) in [6.07, 6.45) is 3.54. The number of halogens is 1. The number of likely N-dealkylation sites (tertiary alicyclic amines) is 1. The molecule has 2 rings (SSSR count). The van der Waals surface area contributed by atoms with Crippen molar-refractivity contribution < 1.29 is 4.79 Å². The van der Waals surface area contributed by atoms with E-state index in [1.165, 1.54) is 6.42 Å². The fourth-order valence-corrected chi connectivity index (χ4v) is 2.42. The van der Waals surface area contributed by atoms with Crippen molar-refractivity contribution in [1.82, 2.24) is 4.90 Å². The molecule has 0 radical (unpaired) electrons. The van der Waals surface area contributed by atoms with Gasteiger partial charge in [-0.25, -0.2) is 0 Å². The highest BCUT2D eigenvalue weighted by molar-refractivity contribution is 9.08. The molecule has 1 heterocycles. The predicted octanol–water partition coefficient (Wildman–Crippen LogP) is 3.21. The zero-order valence-corrected chi connectivity index (χ0v) is 10.9. The fraction of sp³-hybridized carbons (Fsp3) is 0.462. The summed E-state index contributed by atoms with van der Waals surface area (Å²) >= 11 is 3.41. The molecule has 0 atom stereocenters. The van der Waals surface area contributed by atoms with Crippen LogP contribution in [0.1, 0.15) is 35.2 Å². The van der Waals surface area contributed by atoms with Crippen molar-refractivity contribution >= 4 is 21.8 Å². The number of carbonyl (C=O) groups is 1. The Kier molecular flexibility index (Phi) is 3.99. The van der Waals surface area contributed by atoms with Gasteiger partial charge in [-0.1, -0.05) is 28.1 Å². The summed E-state index contributed by atoms with van der Waals surface area (Å²) in [5.74, 6) is 0.183. The van der Waals surface area contributed by atoms with Crippen LogP contribution in [-0.4, -0.2) is 23.9 Å². The largest absolute Gasteiger partial charge is 0.339 e. The van der Waals surface area contributed by atoms with Gasteiger partial charge in [-0.05, 0) is 37.0 Å². The molecular weight excluding hydrogens is 266 g/mol. The monoisotopic (exact) mass is 281 g/mol. The van der Waals surface area contributed by atoms with Crippen LogP contribution >= 0.6 is 15.9 Å². The number of hydrogen-bond acceptors (Lipinski definition) is 1. The number of amides is 1. The highest BCUT2D eigenvalue weighted by Crippen LogP contribution is 2.15. The molecule has 0 saturated carbocycles. The molecule has 0 N–H and O–H groups in total. The van der Waals surface area contributed by atoms with Crippen LogP contribution in [0.3, 0.4) is 0 Å². The van der Waals surface area contributed by atoms with Crippen molar-refractivity contribution in [3.05, 3.63) is 35.4 Å². The first-order chi connectivity index (χ1) is 7.81. The van der Waals surface area contributed by atoms with Gasteiger partial charge in [0.2, 0.25) is 0 Å². The number of alkyl halides is 1. The quantitative estimate of drug-likeness (QED) is 0.763. The first-order valence-electron chi connectivity index (χ1n) is 5.75. The molecule has 1 aliphatic heterocycles. The molecule has 1 amide bonds. The lowest BCUT2D eigenvalue weighted by Crippen LogP contribution is -2.35. The average molecular weight is 282 g/mol. The number of rotatable bonds is 2. The van der Waals surface area contributed by atoms with Crippen molar-refractivity contribution in [2.75, 3.05) is 13.1 Å². The minimum atomic E-state index is 0.183. The van der Waals surface area contributed by atoms with Gasteiger partial charge in [0.05, 0.1) is 0 Å². The fourth-order valence-electron chi connectivity index (χ4n) is 2.07. The third-order valence-corrected chi connectivity index (χ3v) is 3.62. The van der Waals surface area contributed by atoms with Crippen molar-refractivity contribution in [3.63, 3.8) is 0 Å². The van der Waals surface area contributed by atoms with E-state index in [4.69, 9.17) is 0 Å². The number of piperidine rings is 1. The highest BCUT2D eigenvalue weighted by Gasteiger charge is 2.17. The van der Waals surface area contributed by atoms with E-state index in [2.05, 4.69) is 15.9 Å². The van der Waals surface area contributed by atoms with Crippen LogP contribution in [0.2, 0.25) is 0 Å². The van der Waals surface area contributed by atoms with Crippen LogP contribution in [0, 0.1) is 0 Å². The lowest BCUT2D eigenvalue weighted by molar-refractivity contribution is 0.0724. The third kappa shape index (κ3) is 2.64. The molecular formula is C13H16BrNO. The summed E-state index contributed by atoms with van der Waals surface area (Å²) < 4.78 is 0. The number of nitrogens with zero attached hydrogens (tertiary/aromatic N) is 1. The van der Waals surface area contributed by atoms with E-state index >= 15 is 0 Å². The van der Waals surface area contributed by atoms with E-state index in [1.54, 1.807) is 0 Å². The first kappa shape index (κ1) is 11.6. The van der Waals surface area contributed by atoms with Crippen molar-refractivity contribution in [1.29, 1.82) is 0 Å². The zero-order valence-electron chi connectivity index (χ0n) is 9.29. The molecule has 0 spiro atoms. The average Bonchev–Trinajstić information content (AvgIpc) is 2.39. The number of benzene rings is 1. The van der Waals surface area contributed by atoms with Gasteiger partial charge in [-0.2, -0.15) is 0 Å². The summed E-state index contributed by atoms with van der Waals surface area (Å²) in [5, 5.41) is 0.800. The van der Waals surface area contributed by atoms with Crippen LogP contribution in [0.25, 0.3) is 0 Å². The van der Waals surface area contributed by atoms with Gasteiger partial charge in [0.25, 0.3) is 5.91 Å². The smallest absolute Gasteiger partial charge is 0.253 e. The summed E-state index contributed by atoms with van der Waals surface area (Å²) in [6.45, 7) is 1.83. The minimum Gasteiger partial charge on any atom is -0.339 e. The maximum Gasteiger partial charge on any atom is 0.253 e. The SMILES string of the molecule is O=C(c1cccc(CBr)c1)N1CCCCC1. The molecule has 1 aromatic carbocycles. The van der Waals surface area contributed by atoms with Crippen LogP contribution < -0.4 is 0 Å². The van der Waals surface area contributed by atoms with Crippen molar-refractivity contribution in [2.45, 2.75) is 24.6 Å². The molecule has 1 aromatic rings. The first-order valence-corrected chi connectivity index (χ1v) is 6.87. The van der Waals surface area contributed by atoms with Gasteiger partial charge in [0.1, 0.15) is 0 Å². The van der Waals surface area contributed by atoms with Crippen LogP contribution in [0.15, 0.2) is 24.3 Å². The molecule has 2 nitrogen and oxygen atoms in total. The maximum atomic E-state index is 12.2. The molecule has 1 saturated heterocycles. The second kappa shape index (κ2) is 5.48. The van der Waals surface area contributed by atoms with Gasteiger partial charge < -0.3 is 4.90 Å². The Morgan fingerprint density at radius 2 is 2.00 bits per heavy atom. The zero-order chi connectivity index (χ0) is 11.4. The number of carbonyl (C=O) groups excluding carboxylic acids is 1. The van der Waals surface area contributed by atoms with Gasteiger partial charge in [0.15, 0.2) is 0 Å². The summed E-state index contributed by atoms with van der Waals surface area (Å²) in [4.78, 5) is 14.1. The predicted molar refractivity (Wildman–Crippen MR) is 68.8 cm³/mol. The van der Waals surface area contributed by atoms with Gasteiger partial charge >= 0.3 is 0 Å². The lowest BCUT2D eigenvalue weighted by Gasteiger charge is -2.26. The third-order valence-electron chi connectivity index (χ3n) is 2.97. The number of hydrogen-bond donors (Lipinski definition) is 0. The Hall–Kier alpha value is -0.830. The summed E-state index contributed by atoms with van der Waals surface area (Å²) in [5.41, 5.74) is 1.97. The van der Waals surface area contributed by atoms with Crippen molar-refractivity contribution in [3.8, 4) is 0 Å². The second-order valence-electron chi connectivity index (χ2n) is 4.19. The van der Waals surface area contributed by atoms with Gasteiger partial charge in [0, 0.05) is 24.0 Å². The van der Waals surface area contributed by atoms with Crippen LogP contribution in [0.4, 0.5) is 0 Å². The summed E-state index contributed by atoms with van der Waals surface area (Å²) in [6, 6.07) is 7.87. The van der Waals surface area contributed by atoms with E-state index in [-0.39, 0.29) is 5.91 Å². The second-order valence-corrected chi connectivity index (χ2v) is 4.75. The molecule has 0 aliphatic carbocycles. The normalized spacial score (nSPS) is 16.2. The Labute approximate surface area is 105 Å². The van der Waals surface area contributed by atoms with E-state index < -0.39 is 0 Å². The molecule has 86 valence electrons. The van der Waals surface area contributed by atoms with E-state index in [0.29, 0.717) is 0 Å². The van der Waals surface area contributed by atoms with E-state index in [1.807, 2.05) is 29.2 Å². The highest BCUT2D eigenvalue weighted by atomic mass is 79.9. The van der Waals surface area contributed by atoms with Crippen molar-refractivity contribution in [2.24, 2.45) is 0 Å². The van der Waals surface area contributed by atoms with E-state index in [9.17, 15) is 4.79 Å². The van der Waals surface area contributed by atoms with Gasteiger partial charge in [-0.15, -0.1) is 0 Å². The molecule has 0 aromatic heterocycles. The molecule has 0 bridgehead atoms. The summed E-state index contributed by atoms with van der Waals surface area (Å²) in [7, 11) is 0. The standard InChI is InChI=1S/C13H16BrNO/c14-10-11-5-4-6-12(9-11)13(16)15-7-2-1-3-8-15/h4-6,9H,1-3,7-8,10H2. The Balaban J connectivity index is 2.12. The minimum absolute atomic E-state index is 0.183. The molecule has 1 fully saturated rings. The molecule has 16 heavy (non-hydrogen) atoms. The lowest BCUT2D eigenvalue weighted by atomic mass is 10.1. The van der Waals surface area contributed by atoms with Gasteiger partial charge in [-0.3, -0.25) is 4.79 Å². The van der Waals surface area contributed by atoms with Crippen LogP contribution in [-0.2, 0) is 5.33 Å². The Morgan fingerprint density at radius 1 is 1.25 bits per heavy atom. The molecule has 3 heteroatoms. The van der Waals surface area contributed by atoms with Crippen LogP contribution in [0.5, 0.6) is 0 Å². The Morgan fingerprint density at radius 3 is 2.69 bits per heavy atom. The van der Waals surface area contributed by atoms with E-state index in [0.717, 1.165) is 42.4 Å².